The lowest BCUT2D eigenvalue weighted by atomic mass is 9.94. The molecule has 4 aromatic rings. The maximum atomic E-state index is 14.2. The third-order valence-electron chi connectivity index (χ3n) is 7.86. The highest BCUT2D eigenvalue weighted by molar-refractivity contribution is 6.31. The maximum absolute atomic E-state index is 14.2. The minimum Gasteiger partial charge on any atom is -0.351 e. The molecule has 0 saturated heterocycles. The van der Waals surface area contributed by atoms with E-state index in [9.17, 15) is 14.4 Å². The van der Waals surface area contributed by atoms with Gasteiger partial charge in [0, 0.05) is 59.9 Å². The minimum atomic E-state index is -1.04. The lowest BCUT2D eigenvalue weighted by Crippen LogP contribution is -2.47. The van der Waals surface area contributed by atoms with Crippen LogP contribution in [0.25, 0.3) is 10.9 Å². The Hall–Kier alpha value is -4.17. The van der Waals surface area contributed by atoms with Crippen LogP contribution in [0.2, 0.25) is 5.02 Å². The molecule has 1 aliphatic rings. The Bertz CT molecular complexity index is 1530. The first kappa shape index (κ1) is 29.3. The Morgan fingerprint density at radius 1 is 1.00 bits per heavy atom. The summed E-state index contributed by atoms with van der Waals surface area (Å²) in [5.74, 6) is -0.921. The van der Waals surface area contributed by atoms with Crippen molar-refractivity contribution in [3.05, 3.63) is 100 Å². The fourth-order valence-electron chi connectivity index (χ4n) is 5.73. The molecule has 1 aliphatic carbocycles. The molecule has 8 nitrogen and oxygen atoms in total. The van der Waals surface area contributed by atoms with Crippen LogP contribution < -0.4 is 10.6 Å². The number of nitrogens with one attached hydrogen (secondary N) is 3. The molecule has 1 saturated carbocycles. The summed E-state index contributed by atoms with van der Waals surface area (Å²) in [4.78, 5) is 50.1. The van der Waals surface area contributed by atoms with Crippen molar-refractivity contribution in [1.29, 1.82) is 0 Å². The maximum Gasteiger partial charge on any atom is 0.268 e. The fourth-order valence-corrected chi connectivity index (χ4v) is 5.90. The first-order chi connectivity index (χ1) is 20.4. The summed E-state index contributed by atoms with van der Waals surface area (Å²) in [7, 11) is 0. The van der Waals surface area contributed by atoms with Gasteiger partial charge in [0.1, 0.15) is 11.7 Å². The summed E-state index contributed by atoms with van der Waals surface area (Å²) in [5.41, 5.74) is 3.25. The van der Waals surface area contributed by atoms with Crippen LogP contribution in [0.15, 0.2) is 73.1 Å². The first-order valence-electron chi connectivity index (χ1n) is 14.5. The molecule has 218 valence electrons. The van der Waals surface area contributed by atoms with Crippen LogP contribution >= 0.6 is 11.6 Å². The highest BCUT2D eigenvalue weighted by Gasteiger charge is 2.37. The standard InChI is InChI=1S/C33H36ClN5O3/c1-22(40)39(21-24-8-4-2-5-9-24)31(33(42)37-26-10-6-3-7-11-26)29-27-13-12-25(34)20-28(27)38-30(29)32(41)36-19-16-23-14-17-35-18-15-23/h2,4-5,8-9,12-15,17-18,20,26,31,38H,3,6-7,10-11,16,19,21H2,1H3,(H,36,41)(H,37,42). The molecule has 0 bridgehead atoms. The number of benzene rings is 2. The van der Waals surface area contributed by atoms with E-state index < -0.39 is 6.04 Å². The van der Waals surface area contributed by atoms with Crippen molar-refractivity contribution < 1.29 is 14.4 Å². The van der Waals surface area contributed by atoms with E-state index in [1.807, 2.05) is 42.5 Å². The summed E-state index contributed by atoms with van der Waals surface area (Å²) in [5, 5.41) is 7.39. The zero-order valence-corrected chi connectivity index (χ0v) is 24.5. The van der Waals surface area contributed by atoms with Gasteiger partial charge in [0.15, 0.2) is 0 Å². The largest absolute Gasteiger partial charge is 0.351 e. The molecule has 3 amide bonds. The molecule has 9 heteroatoms. The van der Waals surface area contributed by atoms with Crippen molar-refractivity contribution in [2.24, 2.45) is 0 Å². The average molecular weight is 586 g/mol. The SMILES string of the molecule is CC(=O)N(Cc1ccccc1)C(C(=O)NC1CCCCC1)c1c(C(=O)NCCc2ccncc2)[nH]c2cc(Cl)ccc12. The Balaban J connectivity index is 1.55. The van der Waals surface area contributed by atoms with Gasteiger partial charge in [-0.05, 0) is 54.7 Å². The molecular formula is C33H36ClN5O3. The molecule has 1 fully saturated rings. The van der Waals surface area contributed by atoms with Crippen molar-refractivity contribution in [3.63, 3.8) is 0 Å². The molecule has 2 aromatic heterocycles. The van der Waals surface area contributed by atoms with Crippen LogP contribution in [0.1, 0.15) is 72.2 Å². The van der Waals surface area contributed by atoms with E-state index >= 15 is 0 Å². The fraction of sp³-hybridized carbons (Fsp3) is 0.333. The van der Waals surface area contributed by atoms with Gasteiger partial charge < -0.3 is 20.5 Å². The van der Waals surface area contributed by atoms with Gasteiger partial charge in [0.2, 0.25) is 11.8 Å². The van der Waals surface area contributed by atoms with Crippen molar-refractivity contribution in [1.82, 2.24) is 25.5 Å². The minimum absolute atomic E-state index is 0.0246. The number of H-pyrrole nitrogens is 1. The third-order valence-corrected chi connectivity index (χ3v) is 8.10. The van der Waals surface area contributed by atoms with E-state index in [1.54, 1.807) is 35.5 Å². The summed E-state index contributed by atoms with van der Waals surface area (Å²) < 4.78 is 0. The average Bonchev–Trinajstić information content (AvgIpc) is 3.36. The van der Waals surface area contributed by atoms with Crippen LogP contribution in [0.3, 0.4) is 0 Å². The predicted molar refractivity (Wildman–Crippen MR) is 164 cm³/mol. The molecule has 0 spiro atoms. The van der Waals surface area contributed by atoms with Gasteiger partial charge in [-0.25, -0.2) is 0 Å². The smallest absolute Gasteiger partial charge is 0.268 e. The Morgan fingerprint density at radius 2 is 1.74 bits per heavy atom. The van der Waals surface area contributed by atoms with E-state index in [0.717, 1.165) is 43.2 Å². The number of amides is 3. The highest BCUT2D eigenvalue weighted by atomic mass is 35.5. The molecule has 2 heterocycles. The van der Waals surface area contributed by atoms with Gasteiger partial charge in [-0.15, -0.1) is 0 Å². The Kier molecular flexibility index (Phi) is 9.54. The van der Waals surface area contributed by atoms with Gasteiger partial charge >= 0.3 is 0 Å². The van der Waals surface area contributed by atoms with Gasteiger partial charge in [0.25, 0.3) is 5.91 Å². The zero-order valence-electron chi connectivity index (χ0n) is 23.7. The van der Waals surface area contributed by atoms with Crippen molar-refractivity contribution >= 4 is 40.2 Å². The number of nitrogens with zero attached hydrogens (tertiary/aromatic N) is 2. The number of aromatic amines is 1. The van der Waals surface area contributed by atoms with Gasteiger partial charge in [-0.1, -0.05) is 67.3 Å². The number of rotatable bonds is 10. The molecule has 42 heavy (non-hydrogen) atoms. The van der Waals surface area contributed by atoms with Crippen LogP contribution in [-0.4, -0.2) is 45.2 Å². The molecule has 0 radical (unpaired) electrons. The van der Waals surface area contributed by atoms with Crippen molar-refractivity contribution in [3.8, 4) is 0 Å². The normalized spacial score (nSPS) is 14.3. The predicted octanol–water partition coefficient (Wildman–Crippen LogP) is 5.73. The van der Waals surface area contributed by atoms with Gasteiger partial charge in [-0.2, -0.15) is 0 Å². The lowest BCUT2D eigenvalue weighted by molar-refractivity contribution is -0.140. The van der Waals surface area contributed by atoms with E-state index in [-0.39, 0.29) is 36.0 Å². The summed E-state index contributed by atoms with van der Waals surface area (Å²) >= 11 is 6.33. The molecule has 3 N–H and O–H groups in total. The second-order valence-electron chi connectivity index (χ2n) is 10.8. The topological polar surface area (TPSA) is 107 Å². The number of aromatic nitrogens is 2. The van der Waals surface area contributed by atoms with E-state index in [4.69, 9.17) is 11.6 Å². The number of pyridine rings is 1. The molecule has 0 aliphatic heterocycles. The number of halogens is 1. The molecule has 2 aromatic carbocycles. The number of fused-ring (bicyclic) bond motifs is 1. The van der Waals surface area contributed by atoms with Crippen molar-refractivity contribution in [2.45, 2.75) is 64.1 Å². The van der Waals surface area contributed by atoms with Crippen molar-refractivity contribution in [2.75, 3.05) is 6.54 Å². The number of hydrogen-bond donors (Lipinski definition) is 3. The van der Waals surface area contributed by atoms with Crippen LogP contribution in [0.5, 0.6) is 0 Å². The summed E-state index contributed by atoms with van der Waals surface area (Å²) in [6, 6.07) is 17.6. The Morgan fingerprint density at radius 3 is 2.45 bits per heavy atom. The second-order valence-corrected chi connectivity index (χ2v) is 11.3. The number of carbonyl (C=O) groups excluding carboxylic acids is 3. The van der Waals surface area contributed by atoms with Crippen LogP contribution in [-0.2, 0) is 22.6 Å². The zero-order chi connectivity index (χ0) is 29.5. The Labute approximate surface area is 250 Å². The molecule has 5 rings (SSSR count). The first-order valence-corrected chi connectivity index (χ1v) is 14.9. The second kappa shape index (κ2) is 13.7. The number of carbonyl (C=O) groups is 3. The summed E-state index contributed by atoms with van der Waals surface area (Å²) in [6.45, 7) is 2.06. The van der Waals surface area contributed by atoms with E-state index in [0.29, 0.717) is 34.5 Å². The highest BCUT2D eigenvalue weighted by Crippen LogP contribution is 2.35. The lowest BCUT2D eigenvalue weighted by Gasteiger charge is -2.33. The monoisotopic (exact) mass is 585 g/mol. The van der Waals surface area contributed by atoms with E-state index in [2.05, 4.69) is 20.6 Å². The number of hydrogen-bond acceptors (Lipinski definition) is 4. The molecule has 1 unspecified atom stereocenters. The molecule has 1 atom stereocenters. The van der Waals surface area contributed by atoms with Gasteiger partial charge in [0.05, 0.1) is 0 Å². The van der Waals surface area contributed by atoms with Gasteiger partial charge in [-0.3, -0.25) is 19.4 Å². The quantitative estimate of drug-likeness (QED) is 0.221. The van der Waals surface area contributed by atoms with Crippen LogP contribution in [0.4, 0.5) is 0 Å². The molecular weight excluding hydrogens is 550 g/mol. The van der Waals surface area contributed by atoms with E-state index in [1.165, 1.54) is 6.92 Å². The summed E-state index contributed by atoms with van der Waals surface area (Å²) in [6.07, 6.45) is 9.08. The third kappa shape index (κ3) is 6.99. The van der Waals surface area contributed by atoms with Crippen LogP contribution in [0, 0.1) is 0 Å².